The van der Waals surface area contributed by atoms with E-state index in [0.29, 0.717) is 10.6 Å². The van der Waals surface area contributed by atoms with Crippen LogP contribution in [-0.2, 0) is 9.59 Å². The highest BCUT2D eigenvalue weighted by atomic mass is 35.5. The van der Waals surface area contributed by atoms with Crippen LogP contribution in [0.4, 0.5) is 0 Å². The van der Waals surface area contributed by atoms with Crippen molar-refractivity contribution in [2.75, 3.05) is 0 Å². The molecule has 5 rings (SSSR count). The van der Waals surface area contributed by atoms with E-state index in [4.69, 9.17) is 11.6 Å². The Morgan fingerprint density at radius 3 is 1.87 bits per heavy atom. The average Bonchev–Trinajstić information content (AvgIpc) is 3.06. The Kier molecular flexibility index (Phi) is 4.46. The van der Waals surface area contributed by atoms with E-state index in [2.05, 4.69) is 0 Å². The maximum Gasteiger partial charge on any atom is 0.263 e. The van der Waals surface area contributed by atoms with E-state index < -0.39 is 0 Å². The standard InChI is InChI=1S/C26H16ClNO2/c27-22-16-28-23(15-21(22)17-11-13-20(29)14-12-17)24(18-7-3-1-4-8-18)25(26(28)30)19-9-5-2-6-10-19/h1-16H. The fraction of sp³-hybridized carbons (Fsp3) is 0. The van der Waals surface area contributed by atoms with Crippen molar-refractivity contribution in [2.24, 2.45) is 0 Å². The summed E-state index contributed by atoms with van der Waals surface area (Å²) in [5.41, 5.74) is 5.71. The minimum atomic E-state index is -0.113. The average molecular weight is 410 g/mol. The zero-order valence-electron chi connectivity index (χ0n) is 15.9. The third-order valence-electron chi connectivity index (χ3n) is 5.27. The lowest BCUT2D eigenvalue weighted by atomic mass is 9.93. The molecule has 0 radical (unpaired) electrons. The first-order valence-electron chi connectivity index (χ1n) is 9.56. The highest BCUT2D eigenvalue weighted by molar-refractivity contribution is 6.36. The first kappa shape index (κ1) is 18.3. The number of carbonyl (C=O) groups excluding carboxylic acids is 2. The molecule has 0 unspecified atom stereocenters. The van der Waals surface area contributed by atoms with Gasteiger partial charge in [0, 0.05) is 17.3 Å². The summed E-state index contributed by atoms with van der Waals surface area (Å²) in [5, 5.41) is 0.451. The van der Waals surface area contributed by atoms with Crippen LogP contribution < -0.4 is 0 Å². The highest BCUT2D eigenvalue weighted by Gasteiger charge is 2.37. The number of hydrogen-bond acceptors (Lipinski definition) is 2. The Balaban J connectivity index is 1.76. The molecular weight excluding hydrogens is 394 g/mol. The molecule has 0 saturated heterocycles. The van der Waals surface area contributed by atoms with Crippen molar-refractivity contribution in [2.45, 2.75) is 0 Å². The topological polar surface area (TPSA) is 37.4 Å². The summed E-state index contributed by atoms with van der Waals surface area (Å²) in [5.74, 6) is -0.171. The van der Waals surface area contributed by atoms with Crippen molar-refractivity contribution in [3.63, 3.8) is 0 Å². The van der Waals surface area contributed by atoms with Crippen LogP contribution in [0.3, 0.4) is 0 Å². The maximum atomic E-state index is 13.4. The SMILES string of the molecule is O=C1C=CC(=C2C=C3C(c4ccccc4)=C(c4ccccc4)C(=O)N3C=C2Cl)C=C1. The first-order chi connectivity index (χ1) is 14.6. The molecule has 0 bridgehead atoms. The van der Waals surface area contributed by atoms with E-state index in [1.165, 1.54) is 12.2 Å². The molecule has 144 valence electrons. The summed E-state index contributed by atoms with van der Waals surface area (Å²) in [7, 11) is 0. The molecule has 30 heavy (non-hydrogen) atoms. The van der Waals surface area contributed by atoms with E-state index in [1.807, 2.05) is 66.7 Å². The summed E-state index contributed by atoms with van der Waals surface area (Å²) in [6, 6.07) is 19.5. The van der Waals surface area contributed by atoms with E-state index in [9.17, 15) is 9.59 Å². The summed E-state index contributed by atoms with van der Waals surface area (Å²) >= 11 is 6.57. The van der Waals surface area contributed by atoms with Gasteiger partial charge in [-0.3, -0.25) is 14.5 Å². The van der Waals surface area contributed by atoms with E-state index in [0.717, 1.165) is 33.5 Å². The second-order valence-electron chi connectivity index (χ2n) is 7.10. The molecule has 0 N–H and O–H groups in total. The number of hydrogen-bond donors (Lipinski definition) is 0. The summed E-state index contributed by atoms with van der Waals surface area (Å²) in [6.45, 7) is 0. The predicted molar refractivity (Wildman–Crippen MR) is 119 cm³/mol. The third kappa shape index (κ3) is 3.00. The Morgan fingerprint density at radius 2 is 1.27 bits per heavy atom. The number of allylic oxidation sites excluding steroid dienone is 9. The van der Waals surface area contributed by atoms with Crippen LogP contribution in [0.2, 0.25) is 0 Å². The molecular formula is C26H16ClNO2. The van der Waals surface area contributed by atoms with Gasteiger partial charge in [0.05, 0.1) is 16.3 Å². The van der Waals surface area contributed by atoms with Gasteiger partial charge in [-0.25, -0.2) is 0 Å². The van der Waals surface area contributed by atoms with Crippen LogP contribution in [0.15, 0.2) is 119 Å². The monoisotopic (exact) mass is 409 g/mol. The van der Waals surface area contributed by atoms with Gasteiger partial charge in [-0.1, -0.05) is 84.4 Å². The molecule has 0 saturated carbocycles. The number of fused-ring (bicyclic) bond motifs is 1. The number of rotatable bonds is 2. The first-order valence-corrected chi connectivity index (χ1v) is 9.94. The van der Waals surface area contributed by atoms with E-state index in [-0.39, 0.29) is 11.7 Å². The molecule has 1 amide bonds. The molecule has 2 aromatic carbocycles. The number of ketones is 1. The highest BCUT2D eigenvalue weighted by Crippen LogP contribution is 2.45. The second kappa shape index (κ2) is 7.29. The number of amides is 1. The zero-order chi connectivity index (χ0) is 20.7. The summed E-state index contributed by atoms with van der Waals surface area (Å²) < 4.78 is 0. The van der Waals surface area contributed by atoms with Crippen LogP contribution in [0, 0.1) is 0 Å². The number of carbonyl (C=O) groups is 2. The second-order valence-corrected chi connectivity index (χ2v) is 7.51. The Labute approximate surface area is 179 Å². The largest absolute Gasteiger partial charge is 0.290 e. The van der Waals surface area contributed by atoms with Crippen LogP contribution >= 0.6 is 11.6 Å². The molecule has 2 heterocycles. The molecule has 0 spiro atoms. The van der Waals surface area contributed by atoms with Crippen LogP contribution in [-0.4, -0.2) is 16.6 Å². The Bertz CT molecular complexity index is 1240. The quantitative estimate of drug-likeness (QED) is 0.665. The van der Waals surface area contributed by atoms with Crippen LogP contribution in [0.5, 0.6) is 0 Å². The number of nitrogens with zero attached hydrogens (tertiary/aromatic N) is 1. The predicted octanol–water partition coefficient (Wildman–Crippen LogP) is 5.41. The fourth-order valence-corrected chi connectivity index (χ4v) is 4.13. The summed E-state index contributed by atoms with van der Waals surface area (Å²) in [4.78, 5) is 26.6. The van der Waals surface area contributed by atoms with Crippen molar-refractivity contribution in [3.8, 4) is 0 Å². The number of benzene rings is 2. The van der Waals surface area contributed by atoms with Gasteiger partial charge in [-0.15, -0.1) is 0 Å². The van der Waals surface area contributed by atoms with Crippen molar-refractivity contribution in [1.29, 1.82) is 0 Å². The Morgan fingerprint density at radius 1 is 0.700 bits per heavy atom. The molecule has 0 atom stereocenters. The van der Waals surface area contributed by atoms with Crippen molar-refractivity contribution in [3.05, 3.63) is 130 Å². The molecule has 3 aliphatic rings. The normalized spacial score (nSPS) is 18.1. The van der Waals surface area contributed by atoms with Crippen LogP contribution in [0.1, 0.15) is 11.1 Å². The van der Waals surface area contributed by atoms with Crippen molar-refractivity contribution >= 4 is 34.4 Å². The minimum Gasteiger partial charge on any atom is -0.290 e. The lowest BCUT2D eigenvalue weighted by molar-refractivity contribution is -0.120. The lowest BCUT2D eigenvalue weighted by Gasteiger charge is -2.23. The molecule has 2 aliphatic heterocycles. The minimum absolute atomic E-state index is 0.0585. The van der Waals surface area contributed by atoms with Crippen molar-refractivity contribution < 1.29 is 9.59 Å². The van der Waals surface area contributed by atoms with Crippen LogP contribution in [0.25, 0.3) is 11.1 Å². The molecule has 4 heteroatoms. The smallest absolute Gasteiger partial charge is 0.263 e. The zero-order valence-corrected chi connectivity index (χ0v) is 16.6. The van der Waals surface area contributed by atoms with Gasteiger partial charge in [0.1, 0.15) is 0 Å². The van der Waals surface area contributed by atoms with Gasteiger partial charge in [0.2, 0.25) is 0 Å². The molecule has 1 aliphatic carbocycles. The van der Waals surface area contributed by atoms with Gasteiger partial charge in [0.25, 0.3) is 5.91 Å². The van der Waals surface area contributed by atoms with E-state index in [1.54, 1.807) is 23.3 Å². The number of halogens is 1. The van der Waals surface area contributed by atoms with Crippen molar-refractivity contribution in [1.82, 2.24) is 4.90 Å². The molecule has 3 nitrogen and oxygen atoms in total. The van der Waals surface area contributed by atoms with E-state index >= 15 is 0 Å². The van der Waals surface area contributed by atoms with Gasteiger partial charge in [-0.05, 0) is 34.9 Å². The van der Waals surface area contributed by atoms with Gasteiger partial charge in [-0.2, -0.15) is 0 Å². The Hall–Kier alpha value is -3.69. The van der Waals surface area contributed by atoms with Gasteiger partial charge < -0.3 is 0 Å². The molecule has 2 aromatic rings. The molecule has 0 fully saturated rings. The maximum absolute atomic E-state index is 13.4. The van der Waals surface area contributed by atoms with Gasteiger partial charge in [0.15, 0.2) is 5.78 Å². The van der Waals surface area contributed by atoms with Gasteiger partial charge >= 0.3 is 0 Å². The molecule has 0 aromatic heterocycles. The third-order valence-corrected chi connectivity index (χ3v) is 5.57. The lowest BCUT2D eigenvalue weighted by Crippen LogP contribution is -2.22. The fourth-order valence-electron chi connectivity index (χ4n) is 3.87. The summed E-state index contributed by atoms with van der Waals surface area (Å²) in [6.07, 6.45) is 10.1.